The zero-order chi connectivity index (χ0) is 9.14. The second-order valence-electron chi connectivity index (χ2n) is 3.90. The highest BCUT2D eigenvalue weighted by molar-refractivity contribution is 4.87. The van der Waals surface area contributed by atoms with Crippen molar-refractivity contribution in [3.05, 3.63) is 0 Å². The summed E-state index contributed by atoms with van der Waals surface area (Å²) in [5.74, 6) is 0.668. The minimum absolute atomic E-state index is 0.278. The molecule has 1 rings (SSSR count). The van der Waals surface area contributed by atoms with E-state index < -0.39 is 12.2 Å². The molecule has 1 fully saturated rings. The highest BCUT2D eigenvalue weighted by Gasteiger charge is 2.36. The first-order chi connectivity index (χ1) is 5.70. The highest BCUT2D eigenvalue weighted by atomic mass is 16.3. The van der Waals surface area contributed by atoms with E-state index in [1.165, 1.54) is 0 Å². The van der Waals surface area contributed by atoms with Crippen LogP contribution in [-0.4, -0.2) is 22.4 Å². The Labute approximate surface area is 74.6 Å². The van der Waals surface area contributed by atoms with Crippen molar-refractivity contribution >= 4 is 0 Å². The number of hydrogen-bond acceptors (Lipinski definition) is 2. The van der Waals surface area contributed by atoms with E-state index in [1.807, 2.05) is 0 Å². The third-order valence-electron chi connectivity index (χ3n) is 2.99. The van der Waals surface area contributed by atoms with E-state index in [9.17, 15) is 10.2 Å². The molecule has 0 aromatic rings. The molecular weight excluding hydrogens is 152 g/mol. The first-order valence-electron chi connectivity index (χ1n) is 5.06. The molecular formula is C10H20O2. The molecule has 0 aromatic carbocycles. The fourth-order valence-electron chi connectivity index (χ4n) is 1.77. The Morgan fingerprint density at radius 2 is 1.67 bits per heavy atom. The van der Waals surface area contributed by atoms with E-state index in [-0.39, 0.29) is 5.92 Å². The first-order valence-corrected chi connectivity index (χ1v) is 5.06. The fourth-order valence-corrected chi connectivity index (χ4v) is 1.77. The Kier molecular flexibility index (Phi) is 3.53. The number of hydrogen-bond donors (Lipinski definition) is 2. The van der Waals surface area contributed by atoms with Crippen molar-refractivity contribution in [3.63, 3.8) is 0 Å². The Bertz CT molecular complexity index is 126. The topological polar surface area (TPSA) is 40.5 Å². The van der Waals surface area contributed by atoms with Gasteiger partial charge in [-0.25, -0.2) is 0 Å². The van der Waals surface area contributed by atoms with Crippen LogP contribution in [0.4, 0.5) is 0 Å². The van der Waals surface area contributed by atoms with E-state index in [4.69, 9.17) is 0 Å². The Balaban J connectivity index is 2.36. The summed E-state index contributed by atoms with van der Waals surface area (Å²) in [7, 11) is 0. The molecule has 1 saturated carbocycles. The molecule has 1 aliphatic rings. The number of aliphatic hydroxyl groups is 2. The SMILES string of the molecule is CCC(CC)C(O)C(O)C1CC1. The third kappa shape index (κ3) is 2.20. The molecule has 0 bridgehead atoms. The summed E-state index contributed by atoms with van der Waals surface area (Å²) in [5, 5.41) is 19.4. The van der Waals surface area contributed by atoms with Gasteiger partial charge in [-0.15, -0.1) is 0 Å². The van der Waals surface area contributed by atoms with E-state index in [2.05, 4.69) is 13.8 Å². The molecule has 2 N–H and O–H groups in total. The van der Waals surface area contributed by atoms with E-state index in [0.717, 1.165) is 25.7 Å². The Morgan fingerprint density at radius 3 is 2.00 bits per heavy atom. The lowest BCUT2D eigenvalue weighted by molar-refractivity contribution is -0.0303. The van der Waals surface area contributed by atoms with Gasteiger partial charge in [-0.3, -0.25) is 0 Å². The van der Waals surface area contributed by atoms with Crippen molar-refractivity contribution in [1.82, 2.24) is 0 Å². The monoisotopic (exact) mass is 172 g/mol. The number of rotatable bonds is 5. The Hall–Kier alpha value is -0.0800. The van der Waals surface area contributed by atoms with Gasteiger partial charge < -0.3 is 10.2 Å². The molecule has 12 heavy (non-hydrogen) atoms. The quantitative estimate of drug-likeness (QED) is 0.660. The molecule has 0 aliphatic heterocycles. The molecule has 0 amide bonds. The largest absolute Gasteiger partial charge is 0.390 e. The van der Waals surface area contributed by atoms with Gasteiger partial charge in [0.2, 0.25) is 0 Å². The zero-order valence-electron chi connectivity index (χ0n) is 8.03. The van der Waals surface area contributed by atoms with Crippen molar-refractivity contribution in [3.8, 4) is 0 Å². The van der Waals surface area contributed by atoms with Crippen LogP contribution in [0.5, 0.6) is 0 Å². The summed E-state index contributed by atoms with van der Waals surface area (Å²) in [6, 6.07) is 0. The smallest absolute Gasteiger partial charge is 0.0829 e. The van der Waals surface area contributed by atoms with Crippen molar-refractivity contribution in [1.29, 1.82) is 0 Å². The lowest BCUT2D eigenvalue weighted by atomic mass is 9.91. The summed E-state index contributed by atoms with van der Waals surface area (Å²) in [5.41, 5.74) is 0. The second kappa shape index (κ2) is 4.24. The molecule has 2 atom stereocenters. The van der Waals surface area contributed by atoms with Crippen LogP contribution in [0.1, 0.15) is 39.5 Å². The average molecular weight is 172 g/mol. The number of aliphatic hydroxyl groups excluding tert-OH is 2. The van der Waals surface area contributed by atoms with Gasteiger partial charge in [0.15, 0.2) is 0 Å². The van der Waals surface area contributed by atoms with Gasteiger partial charge in [0.05, 0.1) is 12.2 Å². The Morgan fingerprint density at radius 1 is 1.17 bits per heavy atom. The summed E-state index contributed by atoms with van der Waals surface area (Å²) in [6.07, 6.45) is 3.15. The predicted octanol–water partition coefficient (Wildman–Crippen LogP) is 1.55. The average Bonchev–Trinajstić information content (AvgIpc) is 2.87. The van der Waals surface area contributed by atoms with Crippen molar-refractivity contribution in [2.75, 3.05) is 0 Å². The van der Waals surface area contributed by atoms with E-state index in [0.29, 0.717) is 5.92 Å². The van der Waals surface area contributed by atoms with Crippen molar-refractivity contribution in [2.45, 2.75) is 51.7 Å². The third-order valence-corrected chi connectivity index (χ3v) is 2.99. The molecule has 2 nitrogen and oxygen atoms in total. The summed E-state index contributed by atoms with van der Waals surface area (Å²) in [6.45, 7) is 4.13. The molecule has 0 aromatic heterocycles. The van der Waals surface area contributed by atoms with Crippen LogP contribution in [0.3, 0.4) is 0 Å². The van der Waals surface area contributed by atoms with Crippen LogP contribution in [0.15, 0.2) is 0 Å². The fraction of sp³-hybridized carbons (Fsp3) is 1.00. The van der Waals surface area contributed by atoms with E-state index >= 15 is 0 Å². The summed E-state index contributed by atoms with van der Waals surface area (Å²) in [4.78, 5) is 0. The lowest BCUT2D eigenvalue weighted by Gasteiger charge is -2.24. The second-order valence-corrected chi connectivity index (χ2v) is 3.90. The van der Waals surface area contributed by atoms with Gasteiger partial charge in [-0.1, -0.05) is 26.7 Å². The molecule has 0 spiro atoms. The van der Waals surface area contributed by atoms with Crippen LogP contribution in [0.2, 0.25) is 0 Å². The van der Waals surface area contributed by atoms with E-state index in [1.54, 1.807) is 0 Å². The minimum atomic E-state index is -0.493. The van der Waals surface area contributed by atoms with Gasteiger partial charge in [0.1, 0.15) is 0 Å². The van der Waals surface area contributed by atoms with Crippen LogP contribution < -0.4 is 0 Å². The molecule has 2 heteroatoms. The first kappa shape index (κ1) is 10.0. The summed E-state index contributed by atoms with van der Waals surface area (Å²) < 4.78 is 0. The predicted molar refractivity (Wildman–Crippen MR) is 48.8 cm³/mol. The summed E-state index contributed by atoms with van der Waals surface area (Å²) >= 11 is 0. The maximum absolute atomic E-state index is 9.74. The molecule has 72 valence electrons. The standard InChI is InChI=1S/C10H20O2/c1-3-7(4-2)9(11)10(12)8-5-6-8/h7-12H,3-6H2,1-2H3. The normalized spacial score (nSPS) is 22.8. The minimum Gasteiger partial charge on any atom is -0.390 e. The van der Waals surface area contributed by atoms with Gasteiger partial charge in [-0.05, 0) is 24.7 Å². The maximum Gasteiger partial charge on any atom is 0.0829 e. The van der Waals surface area contributed by atoms with Crippen molar-refractivity contribution in [2.24, 2.45) is 11.8 Å². The van der Waals surface area contributed by atoms with Crippen LogP contribution in [-0.2, 0) is 0 Å². The van der Waals surface area contributed by atoms with Crippen LogP contribution in [0.25, 0.3) is 0 Å². The molecule has 0 saturated heterocycles. The molecule has 2 unspecified atom stereocenters. The van der Waals surface area contributed by atoms with Crippen LogP contribution in [0, 0.1) is 11.8 Å². The van der Waals surface area contributed by atoms with Gasteiger partial charge in [-0.2, -0.15) is 0 Å². The molecule has 1 aliphatic carbocycles. The lowest BCUT2D eigenvalue weighted by Crippen LogP contribution is -2.34. The molecule has 0 radical (unpaired) electrons. The zero-order valence-corrected chi connectivity index (χ0v) is 8.03. The highest BCUT2D eigenvalue weighted by Crippen LogP contribution is 2.36. The van der Waals surface area contributed by atoms with Crippen LogP contribution >= 0.6 is 0 Å². The van der Waals surface area contributed by atoms with Gasteiger partial charge in [0, 0.05) is 0 Å². The maximum atomic E-state index is 9.74. The van der Waals surface area contributed by atoms with Gasteiger partial charge in [0.25, 0.3) is 0 Å². The van der Waals surface area contributed by atoms with Gasteiger partial charge >= 0.3 is 0 Å². The van der Waals surface area contributed by atoms with Crippen molar-refractivity contribution < 1.29 is 10.2 Å². The molecule has 0 heterocycles.